The van der Waals surface area contributed by atoms with Crippen molar-refractivity contribution in [2.45, 2.75) is 40.0 Å². The van der Waals surface area contributed by atoms with Crippen LogP contribution >= 0.6 is 7.82 Å². The topological polar surface area (TPSA) is 151 Å². The first-order chi connectivity index (χ1) is 14.2. The van der Waals surface area contributed by atoms with Crippen molar-refractivity contribution in [3.8, 4) is 17.1 Å². The third-order valence-corrected chi connectivity index (χ3v) is 4.60. The quantitative estimate of drug-likeness (QED) is 0.412. The van der Waals surface area contributed by atoms with Crippen molar-refractivity contribution in [3.63, 3.8) is 0 Å². The van der Waals surface area contributed by atoms with Crippen molar-refractivity contribution >= 4 is 19.4 Å². The molecule has 2 rings (SSSR count). The van der Waals surface area contributed by atoms with Gasteiger partial charge in [-0.15, -0.1) is 0 Å². The number of rotatable bonds is 10. The van der Waals surface area contributed by atoms with Gasteiger partial charge in [0.05, 0.1) is 17.9 Å². The number of aromatic nitrogens is 2. The molecule has 30 heavy (non-hydrogen) atoms. The lowest BCUT2D eigenvalue weighted by Crippen LogP contribution is -2.19. The number of phosphoric acid groups is 1. The first-order valence-electron chi connectivity index (χ1n) is 9.57. The van der Waals surface area contributed by atoms with Gasteiger partial charge in [0.15, 0.2) is 0 Å². The summed E-state index contributed by atoms with van der Waals surface area (Å²) in [4.78, 5) is 49.2. The highest BCUT2D eigenvalue weighted by atomic mass is 31.2. The SMILES string of the molecule is CCCOc1ccc(NC(=O)COP(=O)(O)O)cc1-c1nc(CC)c(CC)c(=O)[nH]1. The van der Waals surface area contributed by atoms with Gasteiger partial charge in [-0.3, -0.25) is 14.1 Å². The van der Waals surface area contributed by atoms with Gasteiger partial charge in [0.2, 0.25) is 0 Å². The summed E-state index contributed by atoms with van der Waals surface area (Å²) in [6.07, 6.45) is 1.92. The first-order valence-corrected chi connectivity index (χ1v) is 11.1. The number of benzene rings is 1. The molecule has 0 aliphatic carbocycles. The largest absolute Gasteiger partial charge is 0.493 e. The standard InChI is InChI=1S/C19H26N3O7P/c1-4-9-28-16-8-7-12(20-17(23)11-29-30(25,26)27)10-14(16)18-21-15(6-3)13(5-2)19(24)22-18/h7-8,10H,4-6,9,11H2,1-3H3,(H,20,23)(H,21,22,24)(H2,25,26,27). The molecule has 164 valence electrons. The number of carbonyl (C=O) groups is 1. The van der Waals surface area contributed by atoms with Crippen molar-refractivity contribution in [3.05, 3.63) is 39.8 Å². The van der Waals surface area contributed by atoms with Gasteiger partial charge in [0.25, 0.3) is 11.5 Å². The van der Waals surface area contributed by atoms with Gasteiger partial charge in [0, 0.05) is 11.3 Å². The molecular formula is C19H26N3O7P. The van der Waals surface area contributed by atoms with Gasteiger partial charge in [-0.1, -0.05) is 20.8 Å². The molecule has 0 saturated heterocycles. The van der Waals surface area contributed by atoms with Crippen LogP contribution in [0.15, 0.2) is 23.0 Å². The minimum Gasteiger partial charge on any atom is -0.493 e. The van der Waals surface area contributed by atoms with Crippen LogP contribution in [0.25, 0.3) is 11.4 Å². The zero-order chi connectivity index (χ0) is 22.3. The average molecular weight is 439 g/mol. The lowest BCUT2D eigenvalue weighted by atomic mass is 10.1. The first kappa shape index (κ1) is 23.8. The third kappa shape index (κ3) is 6.50. The monoisotopic (exact) mass is 439 g/mol. The number of aryl methyl sites for hydroxylation is 1. The fraction of sp³-hybridized carbons (Fsp3) is 0.421. The zero-order valence-electron chi connectivity index (χ0n) is 17.1. The number of ether oxygens (including phenoxy) is 1. The summed E-state index contributed by atoms with van der Waals surface area (Å²) < 4.78 is 20.7. The van der Waals surface area contributed by atoms with Gasteiger partial charge in [0.1, 0.15) is 18.2 Å². The van der Waals surface area contributed by atoms with Crippen molar-refractivity contribution in [1.29, 1.82) is 0 Å². The molecule has 0 saturated carbocycles. The van der Waals surface area contributed by atoms with E-state index in [-0.39, 0.29) is 5.56 Å². The molecule has 4 N–H and O–H groups in total. The minimum absolute atomic E-state index is 0.231. The second-order valence-electron chi connectivity index (χ2n) is 6.42. The molecular weight excluding hydrogens is 413 g/mol. The van der Waals surface area contributed by atoms with E-state index in [0.717, 1.165) is 6.42 Å². The molecule has 10 nitrogen and oxygen atoms in total. The Kier molecular flexibility index (Phi) is 8.31. The number of carbonyl (C=O) groups excluding carboxylic acids is 1. The molecule has 1 aromatic heterocycles. The van der Waals surface area contributed by atoms with Crippen molar-refractivity contribution in [2.75, 3.05) is 18.5 Å². The summed E-state index contributed by atoms with van der Waals surface area (Å²) in [5, 5.41) is 2.49. The van der Waals surface area contributed by atoms with E-state index >= 15 is 0 Å². The van der Waals surface area contributed by atoms with Crippen molar-refractivity contribution in [1.82, 2.24) is 9.97 Å². The number of nitrogens with zero attached hydrogens (tertiary/aromatic N) is 1. The van der Waals surface area contributed by atoms with Crippen LogP contribution in [-0.4, -0.2) is 38.9 Å². The number of phosphoric ester groups is 1. The van der Waals surface area contributed by atoms with E-state index in [2.05, 4.69) is 19.8 Å². The molecule has 0 bridgehead atoms. The Bertz CT molecular complexity index is 1000. The fourth-order valence-corrected chi connectivity index (χ4v) is 3.08. The normalized spacial score (nSPS) is 11.4. The molecule has 1 aromatic carbocycles. The Morgan fingerprint density at radius 2 is 1.97 bits per heavy atom. The molecule has 1 amide bonds. The van der Waals surface area contributed by atoms with Crippen LogP contribution in [0.4, 0.5) is 5.69 Å². The maximum Gasteiger partial charge on any atom is 0.470 e. The van der Waals surface area contributed by atoms with E-state index in [1.54, 1.807) is 18.2 Å². The van der Waals surface area contributed by atoms with Gasteiger partial charge >= 0.3 is 7.82 Å². The number of hydrogen-bond acceptors (Lipinski definition) is 6. The molecule has 11 heteroatoms. The van der Waals surface area contributed by atoms with E-state index in [4.69, 9.17) is 14.5 Å². The number of amides is 1. The Morgan fingerprint density at radius 1 is 1.23 bits per heavy atom. The summed E-state index contributed by atoms with van der Waals surface area (Å²) >= 11 is 0. The number of nitrogens with one attached hydrogen (secondary N) is 2. The highest BCUT2D eigenvalue weighted by Crippen LogP contribution is 2.35. The molecule has 0 aliphatic rings. The second kappa shape index (κ2) is 10.5. The van der Waals surface area contributed by atoms with Crippen molar-refractivity contribution in [2.24, 2.45) is 0 Å². The highest BCUT2D eigenvalue weighted by molar-refractivity contribution is 7.46. The van der Waals surface area contributed by atoms with E-state index in [0.29, 0.717) is 53.5 Å². The molecule has 0 fully saturated rings. The fourth-order valence-electron chi connectivity index (χ4n) is 2.80. The van der Waals surface area contributed by atoms with Gasteiger partial charge in [-0.25, -0.2) is 9.55 Å². The Morgan fingerprint density at radius 3 is 2.57 bits per heavy atom. The summed E-state index contributed by atoms with van der Waals surface area (Å²) in [5.41, 5.74) is 1.88. The molecule has 2 aromatic rings. The maximum absolute atomic E-state index is 12.5. The predicted octanol–water partition coefficient (Wildman–Crippen LogP) is 2.40. The van der Waals surface area contributed by atoms with E-state index in [1.807, 2.05) is 20.8 Å². The number of hydrogen-bond donors (Lipinski definition) is 4. The molecule has 0 radical (unpaired) electrons. The van der Waals surface area contributed by atoms with Crippen LogP contribution in [0.3, 0.4) is 0 Å². The molecule has 0 unspecified atom stereocenters. The highest BCUT2D eigenvalue weighted by Gasteiger charge is 2.18. The van der Waals surface area contributed by atoms with E-state index < -0.39 is 20.3 Å². The lowest BCUT2D eigenvalue weighted by molar-refractivity contribution is -0.118. The summed E-state index contributed by atoms with van der Waals surface area (Å²) in [6.45, 7) is 5.40. The molecule has 0 spiro atoms. The van der Waals surface area contributed by atoms with Crippen LogP contribution in [0.5, 0.6) is 5.75 Å². The van der Waals surface area contributed by atoms with E-state index in [9.17, 15) is 14.2 Å². The maximum atomic E-state index is 12.5. The predicted molar refractivity (Wildman–Crippen MR) is 111 cm³/mol. The Balaban J connectivity index is 2.42. The number of H-pyrrole nitrogens is 1. The smallest absolute Gasteiger partial charge is 0.470 e. The van der Waals surface area contributed by atoms with Gasteiger partial charge in [-0.2, -0.15) is 0 Å². The zero-order valence-corrected chi connectivity index (χ0v) is 18.0. The summed E-state index contributed by atoms with van der Waals surface area (Å²) in [5.74, 6) is 0.0435. The van der Waals surface area contributed by atoms with Crippen LogP contribution in [0.1, 0.15) is 38.4 Å². The number of anilines is 1. The lowest BCUT2D eigenvalue weighted by Gasteiger charge is -2.14. The minimum atomic E-state index is -4.76. The molecule has 0 aliphatic heterocycles. The van der Waals surface area contributed by atoms with Crippen LogP contribution in [0, 0.1) is 0 Å². The second-order valence-corrected chi connectivity index (χ2v) is 7.66. The van der Waals surface area contributed by atoms with Crippen LogP contribution < -0.4 is 15.6 Å². The van der Waals surface area contributed by atoms with Gasteiger partial charge in [-0.05, 0) is 37.5 Å². The third-order valence-electron chi connectivity index (χ3n) is 4.13. The summed E-state index contributed by atoms with van der Waals surface area (Å²) in [7, 11) is -4.76. The molecule has 1 heterocycles. The van der Waals surface area contributed by atoms with Crippen LogP contribution in [0.2, 0.25) is 0 Å². The van der Waals surface area contributed by atoms with E-state index in [1.165, 1.54) is 0 Å². The average Bonchev–Trinajstić information content (AvgIpc) is 2.70. The van der Waals surface area contributed by atoms with Crippen LogP contribution in [-0.2, 0) is 26.7 Å². The summed E-state index contributed by atoms with van der Waals surface area (Å²) in [6, 6.07) is 4.77. The Labute approximate surface area is 173 Å². The number of aromatic amines is 1. The molecule has 0 atom stereocenters. The van der Waals surface area contributed by atoms with Gasteiger partial charge < -0.3 is 24.8 Å². The Hall–Kier alpha value is -2.52. The van der Waals surface area contributed by atoms with Crippen molar-refractivity contribution < 1.29 is 28.4 Å².